The minimum Gasteiger partial charge on any atom is -0.345 e. The predicted molar refractivity (Wildman–Crippen MR) is 181 cm³/mol. The average Bonchev–Trinajstić information content (AvgIpc) is 2.99. The van der Waals surface area contributed by atoms with E-state index in [1.807, 2.05) is 11.8 Å². The molecule has 1 aliphatic carbocycles. The van der Waals surface area contributed by atoms with Crippen molar-refractivity contribution in [1.29, 1.82) is 0 Å². The fourth-order valence-corrected chi connectivity index (χ4v) is 6.66. The minimum atomic E-state index is 0.940. The van der Waals surface area contributed by atoms with Crippen LogP contribution >= 0.6 is 11.8 Å². The second-order valence-electron chi connectivity index (χ2n) is 10.7. The van der Waals surface area contributed by atoms with Crippen LogP contribution in [0.4, 0.5) is 11.4 Å². The number of para-hydroxylation sites is 2. The van der Waals surface area contributed by atoms with Crippen molar-refractivity contribution < 1.29 is 4.58 Å². The Kier molecular flexibility index (Phi) is 11.0. The molecular formula is C38H45N2S+. The van der Waals surface area contributed by atoms with E-state index < -0.39 is 0 Å². The number of allylic oxidation sites excluding steroid dienone is 7. The van der Waals surface area contributed by atoms with Gasteiger partial charge in [-0.1, -0.05) is 78.5 Å². The lowest BCUT2D eigenvalue weighted by Crippen LogP contribution is -2.21. The van der Waals surface area contributed by atoms with E-state index in [0.717, 1.165) is 25.9 Å². The van der Waals surface area contributed by atoms with Crippen LogP contribution in [0.5, 0.6) is 0 Å². The quantitative estimate of drug-likeness (QED) is 0.179. The molecule has 0 saturated heterocycles. The van der Waals surface area contributed by atoms with Crippen LogP contribution in [-0.2, 0) is 0 Å². The summed E-state index contributed by atoms with van der Waals surface area (Å²) in [7, 11) is 0. The van der Waals surface area contributed by atoms with Gasteiger partial charge in [-0.3, -0.25) is 0 Å². The molecule has 0 heterocycles. The Balaban J connectivity index is 1.73. The molecule has 0 amide bonds. The van der Waals surface area contributed by atoms with E-state index in [9.17, 15) is 0 Å². The normalized spacial score (nSPS) is 16.0. The van der Waals surface area contributed by atoms with Crippen molar-refractivity contribution in [2.45, 2.75) is 65.7 Å². The van der Waals surface area contributed by atoms with Crippen LogP contribution < -0.4 is 4.90 Å². The van der Waals surface area contributed by atoms with Gasteiger partial charge in [-0.05, 0) is 94.9 Å². The summed E-state index contributed by atoms with van der Waals surface area (Å²) in [4.78, 5) is 5.09. The van der Waals surface area contributed by atoms with Gasteiger partial charge in [0.25, 0.3) is 0 Å². The lowest BCUT2D eigenvalue weighted by atomic mass is 9.94. The molecule has 41 heavy (non-hydrogen) atoms. The molecule has 0 atom stereocenters. The van der Waals surface area contributed by atoms with Gasteiger partial charge in [-0.15, -0.1) is 0 Å². The zero-order valence-corrected chi connectivity index (χ0v) is 26.5. The van der Waals surface area contributed by atoms with Crippen LogP contribution in [0.15, 0.2) is 130 Å². The number of rotatable bonds is 10. The Bertz CT molecular complexity index is 1490. The van der Waals surface area contributed by atoms with E-state index in [2.05, 4.69) is 154 Å². The molecule has 0 N–H and O–H groups in total. The molecule has 1 aliphatic rings. The zero-order chi connectivity index (χ0) is 29.2. The Labute approximate surface area is 252 Å². The summed E-state index contributed by atoms with van der Waals surface area (Å²) in [5.41, 5.74) is 10.6. The van der Waals surface area contributed by atoms with E-state index >= 15 is 0 Å². The highest BCUT2D eigenvalue weighted by Gasteiger charge is 2.19. The highest BCUT2D eigenvalue weighted by atomic mass is 32.2. The smallest absolute Gasteiger partial charge is 0.208 e. The van der Waals surface area contributed by atoms with Crippen LogP contribution in [0.2, 0.25) is 0 Å². The molecular weight excluding hydrogens is 516 g/mol. The number of hydrogen-bond acceptors (Lipinski definition) is 2. The molecule has 0 fully saturated rings. The van der Waals surface area contributed by atoms with E-state index in [-0.39, 0.29) is 0 Å². The fourth-order valence-electron chi connectivity index (χ4n) is 5.53. The molecule has 4 rings (SSSR count). The van der Waals surface area contributed by atoms with Gasteiger partial charge in [0.15, 0.2) is 5.71 Å². The maximum absolute atomic E-state index is 2.41. The van der Waals surface area contributed by atoms with Crippen molar-refractivity contribution in [3.05, 3.63) is 136 Å². The van der Waals surface area contributed by atoms with Crippen molar-refractivity contribution >= 4 is 28.8 Å². The topological polar surface area (TPSA) is 6.25 Å². The van der Waals surface area contributed by atoms with E-state index in [4.69, 9.17) is 0 Å². The summed E-state index contributed by atoms with van der Waals surface area (Å²) < 4.78 is 2.41. The monoisotopic (exact) mass is 561 g/mol. The average molecular weight is 562 g/mol. The summed E-state index contributed by atoms with van der Waals surface area (Å²) in [6, 6.07) is 28.1. The number of nitrogens with zero attached hydrogens (tertiary/aromatic N) is 2. The van der Waals surface area contributed by atoms with Crippen LogP contribution in [0, 0.1) is 13.8 Å². The first-order chi connectivity index (χ1) is 19.9. The molecule has 212 valence electrons. The third-order valence-corrected chi connectivity index (χ3v) is 9.02. The zero-order valence-electron chi connectivity index (χ0n) is 25.7. The summed E-state index contributed by atoms with van der Waals surface area (Å²) in [5.74, 6) is 0. The van der Waals surface area contributed by atoms with E-state index in [1.54, 1.807) is 0 Å². The molecule has 2 nitrogen and oxygen atoms in total. The lowest BCUT2D eigenvalue weighted by molar-refractivity contribution is -0.436. The molecule has 0 radical (unpaired) electrons. The van der Waals surface area contributed by atoms with Crippen molar-refractivity contribution in [3.8, 4) is 0 Å². The first kappa shape index (κ1) is 30.4. The highest BCUT2D eigenvalue weighted by molar-refractivity contribution is 8.03. The highest BCUT2D eigenvalue weighted by Crippen LogP contribution is 2.41. The standard InChI is InChI=1S/C38H45N2S/c1-7-39(36-23-14-12-17-29(36)3)31(5)25-27-33-19-16-20-34(38(33)41-35-21-10-9-11-22-35)28-26-32(6)40(8-2)37-24-15-13-18-30(37)4/h9-15,17-18,21-28H,7-8,16,19-20H2,1-6H3/q+1. The Morgan fingerprint density at radius 2 is 1.54 bits per heavy atom. The summed E-state index contributed by atoms with van der Waals surface area (Å²) in [5, 5.41) is 0. The first-order valence-corrected chi connectivity index (χ1v) is 15.8. The molecule has 3 aromatic carbocycles. The minimum absolute atomic E-state index is 0.940. The van der Waals surface area contributed by atoms with Crippen molar-refractivity contribution in [2.24, 2.45) is 0 Å². The third kappa shape index (κ3) is 7.80. The van der Waals surface area contributed by atoms with E-state index in [0.29, 0.717) is 0 Å². The molecule has 0 unspecified atom stereocenters. The summed E-state index contributed by atoms with van der Waals surface area (Å²) in [6.45, 7) is 15.2. The van der Waals surface area contributed by atoms with Crippen molar-refractivity contribution in [2.75, 3.05) is 18.0 Å². The van der Waals surface area contributed by atoms with Gasteiger partial charge in [0.1, 0.15) is 6.54 Å². The van der Waals surface area contributed by atoms with Crippen LogP contribution in [0.1, 0.15) is 58.1 Å². The van der Waals surface area contributed by atoms with Gasteiger partial charge >= 0.3 is 0 Å². The van der Waals surface area contributed by atoms with Crippen LogP contribution in [-0.4, -0.2) is 23.4 Å². The number of benzene rings is 3. The Morgan fingerprint density at radius 1 is 0.854 bits per heavy atom. The summed E-state index contributed by atoms with van der Waals surface area (Å²) in [6.07, 6.45) is 12.7. The molecule has 3 aromatic rings. The maximum Gasteiger partial charge on any atom is 0.208 e. The van der Waals surface area contributed by atoms with Crippen LogP contribution in [0.25, 0.3) is 0 Å². The summed E-state index contributed by atoms with van der Waals surface area (Å²) >= 11 is 1.90. The largest absolute Gasteiger partial charge is 0.345 e. The van der Waals surface area contributed by atoms with Gasteiger partial charge in [-0.2, -0.15) is 4.58 Å². The number of thioether (sulfide) groups is 1. The Hall–Kier alpha value is -3.56. The lowest BCUT2D eigenvalue weighted by Gasteiger charge is -2.26. The van der Waals surface area contributed by atoms with Gasteiger partial charge in [0.05, 0.1) is 0 Å². The van der Waals surface area contributed by atoms with Gasteiger partial charge in [0.2, 0.25) is 5.69 Å². The van der Waals surface area contributed by atoms with Crippen molar-refractivity contribution in [3.63, 3.8) is 0 Å². The fraction of sp³-hybridized carbons (Fsp3) is 0.289. The molecule has 0 spiro atoms. The third-order valence-electron chi connectivity index (χ3n) is 7.79. The molecule has 0 bridgehead atoms. The predicted octanol–water partition coefficient (Wildman–Crippen LogP) is 10.6. The van der Waals surface area contributed by atoms with Crippen LogP contribution in [0.3, 0.4) is 0 Å². The SMILES string of the molecule is CCN(/C(C)=C/C=C1\CCCC(/C=C/C(C)=[N+](\CC)c2ccccc2C)=C1Sc1ccccc1)c1ccccc1C. The number of hydrogen-bond donors (Lipinski definition) is 0. The first-order valence-electron chi connectivity index (χ1n) is 14.9. The number of aryl methyl sites for hydroxylation is 2. The second-order valence-corrected chi connectivity index (χ2v) is 11.7. The molecule has 0 aliphatic heterocycles. The molecule has 0 aromatic heterocycles. The number of anilines is 1. The molecule has 0 saturated carbocycles. The van der Waals surface area contributed by atoms with Gasteiger partial charge in [-0.25, -0.2) is 0 Å². The van der Waals surface area contributed by atoms with E-state index in [1.165, 1.54) is 61.3 Å². The maximum atomic E-state index is 2.41. The molecule has 3 heteroatoms. The van der Waals surface area contributed by atoms with Gasteiger partial charge < -0.3 is 4.90 Å². The van der Waals surface area contributed by atoms with Gasteiger partial charge in [0, 0.05) is 52.4 Å². The van der Waals surface area contributed by atoms with Crippen molar-refractivity contribution in [1.82, 2.24) is 0 Å². The second kappa shape index (κ2) is 14.9. The Morgan fingerprint density at radius 3 is 2.22 bits per heavy atom.